The van der Waals surface area contributed by atoms with E-state index < -0.39 is 0 Å². The number of hydrogen-bond acceptors (Lipinski definition) is 4. The summed E-state index contributed by atoms with van der Waals surface area (Å²) in [5.74, 6) is 0. The Labute approximate surface area is 129 Å². The van der Waals surface area contributed by atoms with Crippen LogP contribution in [0.2, 0.25) is 0 Å². The molecule has 3 unspecified atom stereocenters. The number of aliphatic hydroxyl groups excluding tert-OH is 1. The average Bonchev–Trinajstić information content (AvgIpc) is 3.20. The van der Waals surface area contributed by atoms with Crippen LogP contribution in [0.1, 0.15) is 59.3 Å². The summed E-state index contributed by atoms with van der Waals surface area (Å²) in [7, 11) is 0. The predicted octanol–water partition coefficient (Wildman–Crippen LogP) is 1.91. The topological polar surface area (TPSA) is 44.7 Å². The normalized spacial score (nSPS) is 41.1. The van der Waals surface area contributed by atoms with Gasteiger partial charge in [0.25, 0.3) is 0 Å². The van der Waals surface area contributed by atoms with Crippen molar-refractivity contribution < 1.29 is 9.84 Å². The van der Waals surface area contributed by atoms with Gasteiger partial charge in [-0.1, -0.05) is 0 Å². The van der Waals surface area contributed by atoms with Crippen molar-refractivity contribution in [2.45, 2.75) is 88.6 Å². The highest BCUT2D eigenvalue weighted by Crippen LogP contribution is 2.36. The van der Waals surface area contributed by atoms with Gasteiger partial charge < -0.3 is 15.2 Å². The van der Waals surface area contributed by atoms with Crippen LogP contribution in [0.15, 0.2) is 0 Å². The molecule has 0 aromatic rings. The van der Waals surface area contributed by atoms with Crippen molar-refractivity contribution in [2.24, 2.45) is 0 Å². The molecule has 3 aliphatic rings. The van der Waals surface area contributed by atoms with E-state index >= 15 is 0 Å². The fraction of sp³-hybridized carbons (Fsp3) is 1.00. The number of nitrogens with one attached hydrogen (secondary N) is 1. The third kappa shape index (κ3) is 3.79. The summed E-state index contributed by atoms with van der Waals surface area (Å²) in [5.41, 5.74) is -0.0866. The molecule has 3 atom stereocenters. The zero-order chi connectivity index (χ0) is 15.1. The van der Waals surface area contributed by atoms with E-state index in [1.807, 2.05) is 0 Å². The van der Waals surface area contributed by atoms with Gasteiger partial charge in [-0.15, -0.1) is 0 Å². The van der Waals surface area contributed by atoms with Crippen LogP contribution in [0.5, 0.6) is 0 Å². The minimum Gasteiger partial charge on any atom is -0.394 e. The molecule has 122 valence electrons. The molecule has 2 saturated carbocycles. The van der Waals surface area contributed by atoms with E-state index in [2.05, 4.69) is 31.0 Å². The van der Waals surface area contributed by atoms with Crippen LogP contribution >= 0.6 is 0 Å². The first-order chi connectivity index (χ1) is 9.91. The minimum absolute atomic E-state index is 0.0320. The van der Waals surface area contributed by atoms with Crippen molar-refractivity contribution in [2.75, 3.05) is 19.7 Å². The van der Waals surface area contributed by atoms with Crippen molar-refractivity contribution >= 4 is 0 Å². The number of aliphatic hydroxyl groups is 1. The second-order valence-corrected chi connectivity index (χ2v) is 8.22. The Hall–Kier alpha value is -0.160. The molecule has 0 spiro atoms. The van der Waals surface area contributed by atoms with Gasteiger partial charge >= 0.3 is 0 Å². The van der Waals surface area contributed by atoms with E-state index in [0.29, 0.717) is 18.2 Å². The van der Waals surface area contributed by atoms with Gasteiger partial charge in [0.1, 0.15) is 0 Å². The molecular formula is C17H32N2O2. The lowest BCUT2D eigenvalue weighted by molar-refractivity contribution is -0.143. The zero-order valence-corrected chi connectivity index (χ0v) is 13.9. The van der Waals surface area contributed by atoms with Gasteiger partial charge in [0.2, 0.25) is 0 Å². The molecule has 3 fully saturated rings. The molecule has 4 nitrogen and oxygen atoms in total. The monoisotopic (exact) mass is 296 g/mol. The maximum atomic E-state index is 9.98. The predicted molar refractivity (Wildman–Crippen MR) is 84.4 cm³/mol. The van der Waals surface area contributed by atoms with Crippen molar-refractivity contribution in [1.82, 2.24) is 10.2 Å². The third-order valence-corrected chi connectivity index (χ3v) is 5.32. The van der Waals surface area contributed by atoms with E-state index in [1.54, 1.807) is 0 Å². The molecule has 0 radical (unpaired) electrons. The van der Waals surface area contributed by atoms with Crippen molar-refractivity contribution in [1.29, 1.82) is 0 Å². The molecule has 0 aromatic heterocycles. The lowest BCUT2D eigenvalue weighted by Crippen LogP contribution is -2.60. The molecule has 2 N–H and O–H groups in total. The molecule has 2 aliphatic carbocycles. The summed E-state index contributed by atoms with van der Waals surface area (Å²) in [6.07, 6.45) is 7.56. The summed E-state index contributed by atoms with van der Waals surface area (Å²) in [5, 5.41) is 13.7. The summed E-state index contributed by atoms with van der Waals surface area (Å²) in [6.45, 7) is 8.88. The quantitative estimate of drug-likeness (QED) is 0.832. The van der Waals surface area contributed by atoms with Gasteiger partial charge in [0, 0.05) is 30.7 Å². The first-order valence-corrected chi connectivity index (χ1v) is 8.72. The van der Waals surface area contributed by atoms with Gasteiger partial charge in [-0.05, 0) is 59.3 Å². The van der Waals surface area contributed by atoms with Gasteiger partial charge in [0.15, 0.2) is 0 Å². The van der Waals surface area contributed by atoms with E-state index in [-0.39, 0.29) is 17.7 Å². The number of hydrogen-bond donors (Lipinski definition) is 2. The van der Waals surface area contributed by atoms with Gasteiger partial charge in [-0.3, -0.25) is 4.90 Å². The maximum Gasteiger partial charge on any atom is 0.0757 e. The fourth-order valence-electron chi connectivity index (χ4n) is 4.41. The van der Waals surface area contributed by atoms with Crippen molar-refractivity contribution in [3.63, 3.8) is 0 Å². The second kappa shape index (κ2) is 5.80. The average molecular weight is 296 g/mol. The number of morpholine rings is 1. The Balaban J connectivity index is 1.66. The SMILES string of the molecule is CC1CN(C2CCCC(CO)(NC3CC3)C2)CC(C)(C)O1. The first kappa shape index (κ1) is 15.7. The first-order valence-electron chi connectivity index (χ1n) is 8.72. The van der Waals surface area contributed by atoms with Crippen molar-refractivity contribution in [3.8, 4) is 0 Å². The van der Waals surface area contributed by atoms with E-state index in [4.69, 9.17) is 4.74 Å². The molecule has 3 rings (SSSR count). The van der Waals surface area contributed by atoms with Crippen molar-refractivity contribution in [3.05, 3.63) is 0 Å². The molecule has 1 aliphatic heterocycles. The largest absolute Gasteiger partial charge is 0.394 e. The molecule has 21 heavy (non-hydrogen) atoms. The Kier molecular flexibility index (Phi) is 4.34. The zero-order valence-electron chi connectivity index (χ0n) is 13.9. The number of rotatable bonds is 4. The Morgan fingerprint density at radius 3 is 2.67 bits per heavy atom. The summed E-state index contributed by atoms with van der Waals surface area (Å²) < 4.78 is 6.04. The lowest BCUT2D eigenvalue weighted by Gasteiger charge is -2.49. The van der Waals surface area contributed by atoms with Crippen LogP contribution in [-0.2, 0) is 4.74 Å². The molecule has 4 heteroatoms. The van der Waals surface area contributed by atoms with Crippen LogP contribution < -0.4 is 5.32 Å². The van der Waals surface area contributed by atoms with E-state index in [1.165, 1.54) is 25.7 Å². The lowest BCUT2D eigenvalue weighted by atomic mass is 9.78. The van der Waals surface area contributed by atoms with Crippen LogP contribution in [0, 0.1) is 0 Å². The minimum atomic E-state index is -0.0547. The summed E-state index contributed by atoms with van der Waals surface area (Å²) in [4.78, 5) is 2.62. The van der Waals surface area contributed by atoms with Gasteiger partial charge in [-0.25, -0.2) is 0 Å². The Morgan fingerprint density at radius 2 is 2.05 bits per heavy atom. The standard InChI is InChI=1S/C17H32N2O2/c1-13-10-19(11-16(2,3)21-13)15-5-4-8-17(9-15,12-20)18-14-6-7-14/h13-15,18,20H,4-12H2,1-3H3. The fourth-order valence-corrected chi connectivity index (χ4v) is 4.41. The van der Waals surface area contributed by atoms with Crippen LogP contribution in [0.4, 0.5) is 0 Å². The Morgan fingerprint density at radius 1 is 1.29 bits per heavy atom. The maximum absolute atomic E-state index is 9.98. The van der Waals surface area contributed by atoms with E-state index in [0.717, 1.165) is 25.9 Å². The second-order valence-electron chi connectivity index (χ2n) is 8.22. The highest BCUT2D eigenvalue weighted by atomic mass is 16.5. The summed E-state index contributed by atoms with van der Waals surface area (Å²) in [6, 6.07) is 1.25. The van der Waals surface area contributed by atoms with Crippen LogP contribution in [-0.4, -0.2) is 59.0 Å². The highest BCUT2D eigenvalue weighted by molar-refractivity contribution is 5.01. The number of nitrogens with zero attached hydrogens (tertiary/aromatic N) is 1. The molecule has 1 saturated heterocycles. The Bertz CT molecular complexity index is 370. The smallest absolute Gasteiger partial charge is 0.0757 e. The van der Waals surface area contributed by atoms with Gasteiger partial charge in [-0.2, -0.15) is 0 Å². The molecule has 0 aromatic carbocycles. The molecule has 1 heterocycles. The molecular weight excluding hydrogens is 264 g/mol. The molecule has 0 amide bonds. The number of ether oxygens (including phenoxy) is 1. The van der Waals surface area contributed by atoms with Gasteiger partial charge in [0.05, 0.1) is 18.3 Å². The summed E-state index contributed by atoms with van der Waals surface area (Å²) >= 11 is 0. The van der Waals surface area contributed by atoms with E-state index in [9.17, 15) is 5.11 Å². The van der Waals surface area contributed by atoms with Crippen LogP contribution in [0.3, 0.4) is 0 Å². The highest BCUT2D eigenvalue weighted by Gasteiger charge is 2.43. The van der Waals surface area contributed by atoms with Crippen LogP contribution in [0.25, 0.3) is 0 Å². The third-order valence-electron chi connectivity index (χ3n) is 5.32. The molecule has 0 bridgehead atoms.